The average Bonchev–Trinajstić information content (AvgIpc) is 2.56. The molecule has 2 heteroatoms. The van der Waals surface area contributed by atoms with Crippen molar-refractivity contribution in [3.8, 4) is 5.75 Å². The van der Waals surface area contributed by atoms with Crippen LogP contribution >= 0.6 is 0 Å². The third-order valence-corrected chi connectivity index (χ3v) is 2.70. The van der Waals surface area contributed by atoms with Crippen molar-refractivity contribution in [3.05, 3.63) is 28.8 Å². The number of rotatable bonds is 1. The van der Waals surface area contributed by atoms with Crippen LogP contribution in [0.2, 0.25) is 0 Å². The van der Waals surface area contributed by atoms with Crippen LogP contribution in [0.25, 0.3) is 0 Å². The van der Waals surface area contributed by atoms with Gasteiger partial charge in [-0.3, -0.25) is 0 Å². The van der Waals surface area contributed by atoms with Crippen LogP contribution in [0.15, 0.2) is 12.1 Å². The lowest BCUT2D eigenvalue weighted by Gasteiger charge is -2.10. The van der Waals surface area contributed by atoms with Gasteiger partial charge < -0.3 is 10.1 Å². The van der Waals surface area contributed by atoms with Gasteiger partial charge in [0.2, 0.25) is 0 Å². The Balaban J connectivity index is 2.55. The molecule has 2 nitrogen and oxygen atoms in total. The monoisotopic (exact) mass is 177 g/mol. The van der Waals surface area contributed by atoms with E-state index in [2.05, 4.69) is 31.3 Å². The first-order valence-corrected chi connectivity index (χ1v) is 4.64. The maximum atomic E-state index is 5.65. The molecule has 1 unspecified atom stereocenters. The summed E-state index contributed by atoms with van der Waals surface area (Å²) in [6.45, 7) is 4.99. The van der Waals surface area contributed by atoms with Crippen molar-refractivity contribution in [2.75, 3.05) is 13.7 Å². The molecule has 1 N–H and O–H groups in total. The number of benzene rings is 1. The molecule has 0 radical (unpaired) electrons. The first kappa shape index (κ1) is 8.57. The molecule has 0 aliphatic carbocycles. The van der Waals surface area contributed by atoms with Gasteiger partial charge in [0.1, 0.15) is 12.4 Å². The Morgan fingerprint density at radius 1 is 1.31 bits per heavy atom. The highest BCUT2D eigenvalue weighted by molar-refractivity contribution is 5.49. The van der Waals surface area contributed by atoms with Gasteiger partial charge >= 0.3 is 0 Å². The first-order valence-electron chi connectivity index (χ1n) is 4.64. The van der Waals surface area contributed by atoms with Gasteiger partial charge in [-0.1, -0.05) is 12.1 Å². The van der Waals surface area contributed by atoms with Crippen molar-refractivity contribution in [3.63, 3.8) is 0 Å². The number of aryl methyl sites for hydroxylation is 2. The van der Waals surface area contributed by atoms with Gasteiger partial charge in [-0.15, -0.1) is 0 Å². The van der Waals surface area contributed by atoms with E-state index in [0.717, 1.165) is 12.4 Å². The summed E-state index contributed by atoms with van der Waals surface area (Å²) in [6.07, 6.45) is 0. The number of nitrogens with one attached hydrogen (secondary N) is 1. The summed E-state index contributed by atoms with van der Waals surface area (Å²) >= 11 is 0. The van der Waals surface area contributed by atoms with E-state index >= 15 is 0 Å². The Morgan fingerprint density at radius 2 is 2.00 bits per heavy atom. The summed E-state index contributed by atoms with van der Waals surface area (Å²) in [5.41, 5.74) is 3.89. The van der Waals surface area contributed by atoms with Gasteiger partial charge in [0.15, 0.2) is 0 Å². The summed E-state index contributed by atoms with van der Waals surface area (Å²) < 4.78 is 5.65. The topological polar surface area (TPSA) is 21.3 Å². The summed E-state index contributed by atoms with van der Waals surface area (Å²) in [5.74, 6) is 1.08. The minimum atomic E-state index is 0.370. The summed E-state index contributed by atoms with van der Waals surface area (Å²) in [7, 11) is 1.98. The molecule has 0 amide bonds. The third kappa shape index (κ3) is 1.22. The second-order valence-electron chi connectivity index (χ2n) is 3.59. The highest BCUT2D eigenvalue weighted by Crippen LogP contribution is 2.37. The number of hydrogen-bond acceptors (Lipinski definition) is 2. The maximum Gasteiger partial charge on any atom is 0.127 e. The summed E-state index contributed by atoms with van der Waals surface area (Å²) in [6, 6.07) is 4.65. The molecule has 0 saturated carbocycles. The van der Waals surface area contributed by atoms with Crippen LogP contribution in [0.3, 0.4) is 0 Å². The zero-order valence-corrected chi connectivity index (χ0v) is 8.35. The van der Waals surface area contributed by atoms with Gasteiger partial charge in [-0.05, 0) is 32.0 Å². The number of likely N-dealkylation sites (N-methyl/N-ethyl adjacent to an activating group) is 1. The van der Waals surface area contributed by atoms with Gasteiger partial charge in [-0.2, -0.15) is 0 Å². The Labute approximate surface area is 78.9 Å². The van der Waals surface area contributed by atoms with Crippen LogP contribution in [0.1, 0.15) is 22.7 Å². The molecule has 0 fully saturated rings. The van der Waals surface area contributed by atoms with Gasteiger partial charge in [0, 0.05) is 5.56 Å². The van der Waals surface area contributed by atoms with E-state index in [1.807, 2.05) is 7.05 Å². The maximum absolute atomic E-state index is 5.65. The zero-order valence-electron chi connectivity index (χ0n) is 8.35. The normalized spacial score (nSPS) is 19.8. The van der Waals surface area contributed by atoms with Crippen LogP contribution in [0.5, 0.6) is 5.75 Å². The van der Waals surface area contributed by atoms with E-state index < -0.39 is 0 Å². The fourth-order valence-corrected chi connectivity index (χ4v) is 1.91. The predicted molar refractivity (Wildman–Crippen MR) is 53.2 cm³/mol. The number of fused-ring (bicyclic) bond motifs is 1. The number of hydrogen-bond donors (Lipinski definition) is 1. The standard InChI is InChI=1S/C11H15NO/c1-7-4-5-8(2)11-10(7)9(12-3)6-13-11/h4-5,9,12H,6H2,1-3H3. The van der Waals surface area contributed by atoms with E-state index in [4.69, 9.17) is 4.74 Å². The largest absolute Gasteiger partial charge is 0.491 e. The number of ether oxygens (including phenoxy) is 1. The van der Waals surface area contributed by atoms with E-state index in [1.54, 1.807) is 0 Å². The van der Waals surface area contributed by atoms with E-state index in [1.165, 1.54) is 16.7 Å². The van der Waals surface area contributed by atoms with Crippen LogP contribution in [0.4, 0.5) is 0 Å². The van der Waals surface area contributed by atoms with Crippen LogP contribution in [-0.2, 0) is 0 Å². The van der Waals surface area contributed by atoms with Crippen LogP contribution in [0, 0.1) is 13.8 Å². The van der Waals surface area contributed by atoms with E-state index in [-0.39, 0.29) is 0 Å². The van der Waals surface area contributed by atoms with Crippen LogP contribution < -0.4 is 10.1 Å². The average molecular weight is 177 g/mol. The van der Waals surface area contributed by atoms with Gasteiger partial charge in [0.25, 0.3) is 0 Å². The molecule has 1 aromatic carbocycles. The van der Waals surface area contributed by atoms with Crippen LogP contribution in [-0.4, -0.2) is 13.7 Å². The van der Waals surface area contributed by atoms with Crippen molar-refractivity contribution in [1.82, 2.24) is 5.32 Å². The summed E-state index contributed by atoms with van der Waals surface area (Å²) in [4.78, 5) is 0. The van der Waals surface area contributed by atoms with E-state index in [9.17, 15) is 0 Å². The molecule has 13 heavy (non-hydrogen) atoms. The lowest BCUT2D eigenvalue weighted by Crippen LogP contribution is -2.17. The first-order chi connectivity index (χ1) is 6.24. The SMILES string of the molecule is CNC1COc2c(C)ccc(C)c21. The van der Waals surface area contributed by atoms with Crippen molar-refractivity contribution in [2.45, 2.75) is 19.9 Å². The fraction of sp³-hybridized carbons (Fsp3) is 0.455. The van der Waals surface area contributed by atoms with E-state index in [0.29, 0.717) is 6.04 Å². The van der Waals surface area contributed by atoms with Gasteiger partial charge in [0.05, 0.1) is 6.04 Å². The minimum Gasteiger partial charge on any atom is -0.491 e. The molecule has 0 aromatic heterocycles. The third-order valence-electron chi connectivity index (χ3n) is 2.70. The Kier molecular flexibility index (Phi) is 2.00. The molecule has 1 heterocycles. The molecular formula is C11H15NO. The molecule has 1 aliphatic rings. The quantitative estimate of drug-likeness (QED) is 0.708. The Morgan fingerprint density at radius 3 is 2.69 bits per heavy atom. The molecule has 0 bridgehead atoms. The molecule has 1 aliphatic heterocycles. The zero-order chi connectivity index (χ0) is 9.42. The minimum absolute atomic E-state index is 0.370. The van der Waals surface area contributed by atoms with Crippen molar-refractivity contribution in [1.29, 1.82) is 0 Å². The molecular weight excluding hydrogens is 162 g/mol. The lowest BCUT2D eigenvalue weighted by molar-refractivity contribution is 0.316. The smallest absolute Gasteiger partial charge is 0.127 e. The molecule has 0 spiro atoms. The van der Waals surface area contributed by atoms with Crippen molar-refractivity contribution < 1.29 is 4.74 Å². The fourth-order valence-electron chi connectivity index (χ4n) is 1.91. The highest BCUT2D eigenvalue weighted by Gasteiger charge is 2.25. The molecule has 2 rings (SSSR count). The second-order valence-corrected chi connectivity index (χ2v) is 3.59. The second kappa shape index (κ2) is 3.04. The highest BCUT2D eigenvalue weighted by atomic mass is 16.5. The van der Waals surface area contributed by atoms with Crippen molar-refractivity contribution in [2.24, 2.45) is 0 Å². The predicted octanol–water partition coefficient (Wildman–Crippen LogP) is 1.96. The molecule has 70 valence electrons. The molecule has 1 atom stereocenters. The molecule has 1 aromatic rings. The lowest BCUT2D eigenvalue weighted by atomic mass is 10.00. The Hall–Kier alpha value is -1.02. The summed E-state index contributed by atoms with van der Waals surface area (Å²) in [5, 5.41) is 3.26. The Bertz CT molecular complexity index is 333. The van der Waals surface area contributed by atoms with Crippen molar-refractivity contribution >= 4 is 0 Å². The molecule has 0 saturated heterocycles. The van der Waals surface area contributed by atoms with Gasteiger partial charge in [-0.25, -0.2) is 0 Å².